The van der Waals surface area contributed by atoms with Crippen molar-refractivity contribution in [2.75, 3.05) is 34.9 Å². The highest BCUT2D eigenvalue weighted by molar-refractivity contribution is 6.01. The molecule has 1 aliphatic heterocycles. The highest BCUT2D eigenvalue weighted by atomic mass is 16.5. The number of carbonyl (C=O) groups is 10. The molecule has 414 valence electrons. The number of carbonyl (C=O) groups excluding carboxylic acids is 9. The topological polar surface area (TPSA) is 291 Å². The van der Waals surface area contributed by atoms with Crippen LogP contribution in [0.15, 0.2) is 30.3 Å². The molecule has 9 amide bonds. The number of ether oxygens (including phenoxy) is 2. The quantitative estimate of drug-likeness (QED) is 0.0436. The number of amides is 9. The molecule has 11 atom stereocenters. The number of hydrogen-bond donors (Lipinski definition) is 7. The number of likely N-dealkylation sites (tertiary alicyclic amines) is 1. The molecule has 22 heteroatoms. The Morgan fingerprint density at radius 2 is 1.29 bits per heavy atom. The molecular formula is C53H79N9O13. The first-order chi connectivity index (χ1) is 35.2. The van der Waals surface area contributed by atoms with E-state index in [0.29, 0.717) is 25.8 Å². The second-order valence-corrected chi connectivity index (χ2v) is 19.7. The fourth-order valence-electron chi connectivity index (χ4n) is 9.27. The third-order valence-electron chi connectivity index (χ3n) is 13.6. The van der Waals surface area contributed by atoms with Crippen LogP contribution in [0.25, 0.3) is 0 Å². The lowest BCUT2D eigenvalue weighted by Crippen LogP contribution is -2.62. The number of likely N-dealkylation sites (N-methyl/N-ethyl adjacent to an activating group) is 2. The molecule has 1 fully saturated rings. The Bertz CT molecular complexity index is 2240. The minimum Gasteiger partial charge on any atom is -0.480 e. The molecule has 1 aromatic carbocycles. The molecule has 0 radical (unpaired) electrons. The van der Waals surface area contributed by atoms with Gasteiger partial charge in [0.2, 0.25) is 35.4 Å². The van der Waals surface area contributed by atoms with E-state index in [1.165, 1.54) is 40.0 Å². The summed E-state index contributed by atoms with van der Waals surface area (Å²) < 4.78 is 11.9. The van der Waals surface area contributed by atoms with Gasteiger partial charge in [-0.25, -0.2) is 4.79 Å². The Morgan fingerprint density at radius 3 is 1.79 bits per heavy atom. The lowest BCUT2D eigenvalue weighted by Gasteiger charge is -2.41. The molecule has 0 aliphatic carbocycles. The van der Waals surface area contributed by atoms with Crippen molar-refractivity contribution >= 4 is 59.1 Å². The number of hydrogen-bond acceptors (Lipinski definition) is 12. The highest BCUT2D eigenvalue weighted by Gasteiger charge is 2.44. The molecule has 0 spiro atoms. The average Bonchev–Trinajstić information content (AvgIpc) is 3.86. The molecule has 1 heterocycles. The van der Waals surface area contributed by atoms with Crippen molar-refractivity contribution in [3.8, 4) is 24.7 Å². The molecule has 0 aromatic heterocycles. The Hall–Kier alpha value is -7.04. The van der Waals surface area contributed by atoms with E-state index in [-0.39, 0.29) is 24.7 Å². The van der Waals surface area contributed by atoms with E-state index in [1.54, 1.807) is 82.7 Å². The molecule has 1 saturated heterocycles. The number of rotatable bonds is 28. The SMILES string of the molecule is C#CC(=O)NC(NC(=O)C#C)C(=O)NC(C)C(=O)NC(C)C(=O)N(C)C(C(=O)NC(C(=O)N(C)C(C(C)CC)C(CC(=O)N1CCC[C@H]1C(OC)C(C)C(=O)NC(Cc1ccccc1)C(=O)O)OC)C(C)C)C(C)C. The fourth-order valence-corrected chi connectivity index (χ4v) is 9.27. The Labute approximate surface area is 441 Å². The minimum atomic E-state index is -1.73. The monoisotopic (exact) mass is 1050 g/mol. The third-order valence-corrected chi connectivity index (χ3v) is 13.6. The van der Waals surface area contributed by atoms with Crippen molar-refractivity contribution < 1.29 is 62.5 Å². The van der Waals surface area contributed by atoms with Crippen LogP contribution in [-0.4, -0.2) is 174 Å². The van der Waals surface area contributed by atoms with Crippen LogP contribution in [-0.2, 0) is 63.8 Å². The zero-order valence-corrected chi connectivity index (χ0v) is 45.6. The Morgan fingerprint density at radius 1 is 0.720 bits per heavy atom. The maximum Gasteiger partial charge on any atom is 0.326 e. The molecule has 0 bridgehead atoms. The van der Waals surface area contributed by atoms with Gasteiger partial charge in [0.05, 0.1) is 36.6 Å². The number of carboxylic acids is 1. The lowest BCUT2D eigenvalue weighted by atomic mass is 9.89. The second kappa shape index (κ2) is 30.4. The number of terminal acetylenes is 2. The predicted molar refractivity (Wildman–Crippen MR) is 277 cm³/mol. The Kier molecular flexibility index (Phi) is 25.9. The van der Waals surface area contributed by atoms with Gasteiger partial charge in [0, 0.05) is 41.3 Å². The van der Waals surface area contributed by atoms with Crippen molar-refractivity contribution in [2.45, 2.75) is 155 Å². The average molecular weight is 1050 g/mol. The zero-order chi connectivity index (χ0) is 57.0. The number of nitrogens with one attached hydrogen (secondary N) is 6. The maximum absolute atomic E-state index is 14.7. The summed E-state index contributed by atoms with van der Waals surface area (Å²) >= 11 is 0. The van der Waals surface area contributed by atoms with Crippen molar-refractivity contribution in [2.24, 2.45) is 23.7 Å². The Balaban J connectivity index is 2.27. The number of benzene rings is 1. The number of methoxy groups -OCH3 is 2. The highest BCUT2D eigenvalue weighted by Crippen LogP contribution is 2.30. The summed E-state index contributed by atoms with van der Waals surface area (Å²) in [5.74, 6) is -6.39. The number of nitrogens with zero attached hydrogens (tertiary/aromatic N) is 3. The van der Waals surface area contributed by atoms with Crippen molar-refractivity contribution in [1.82, 2.24) is 46.6 Å². The van der Waals surface area contributed by atoms with Crippen LogP contribution in [0.1, 0.15) is 93.6 Å². The van der Waals surface area contributed by atoms with Gasteiger partial charge in [-0.1, -0.05) is 85.2 Å². The normalized spacial score (nSPS) is 17.2. The molecule has 10 unspecified atom stereocenters. The van der Waals surface area contributed by atoms with Crippen LogP contribution < -0.4 is 31.9 Å². The van der Waals surface area contributed by atoms with Gasteiger partial charge in [0.25, 0.3) is 17.7 Å². The van der Waals surface area contributed by atoms with E-state index in [0.717, 1.165) is 10.5 Å². The third kappa shape index (κ3) is 18.1. The van der Waals surface area contributed by atoms with Crippen LogP contribution in [0, 0.1) is 48.4 Å². The van der Waals surface area contributed by atoms with Gasteiger partial charge in [0.1, 0.15) is 30.2 Å². The minimum absolute atomic E-state index is 0.0743. The molecule has 7 N–H and O–H groups in total. The van der Waals surface area contributed by atoms with E-state index in [9.17, 15) is 53.1 Å². The summed E-state index contributed by atoms with van der Waals surface area (Å²) in [6, 6.07) is 1.73. The largest absolute Gasteiger partial charge is 0.480 e. The molecule has 75 heavy (non-hydrogen) atoms. The van der Waals surface area contributed by atoms with Gasteiger partial charge in [-0.2, -0.15) is 0 Å². The van der Waals surface area contributed by atoms with E-state index in [1.807, 2.05) is 19.9 Å². The van der Waals surface area contributed by atoms with E-state index in [2.05, 4.69) is 31.9 Å². The van der Waals surface area contributed by atoms with Gasteiger partial charge in [-0.15, -0.1) is 12.8 Å². The summed E-state index contributed by atoms with van der Waals surface area (Å²) in [4.78, 5) is 137. The van der Waals surface area contributed by atoms with Gasteiger partial charge < -0.3 is 61.2 Å². The first kappa shape index (κ1) is 64.1. The van der Waals surface area contributed by atoms with Crippen LogP contribution in [0.4, 0.5) is 0 Å². The van der Waals surface area contributed by atoms with Crippen LogP contribution >= 0.6 is 0 Å². The molecule has 1 aromatic rings. The molecule has 0 saturated carbocycles. The van der Waals surface area contributed by atoms with Crippen molar-refractivity contribution in [1.29, 1.82) is 0 Å². The number of carboxylic acid groups (broad SMARTS) is 1. The predicted octanol–water partition coefficient (Wildman–Crippen LogP) is 0.177. The standard InChI is InChI=1S/C53H79N9O13/c1-16-31(8)44(38(74-14)28-41(65)62-26-22-25-37(62)45(75-15)32(9)47(66)56-36(53(72)73)27-35-23-20-19-21-24-35)61(13)52(71)42(29(4)5)59-49(68)43(30(6)7)60(12)51(70)34(11)55-48(67)33(10)54-50(69)46(57-39(63)17-2)58-40(64)18-3/h2-3,19-21,23-24,29-34,36-38,42-46H,16,22,25-28H2,1,4-15H3,(H,54,69)(H,55,67)(H,56,66)(H,57,63)(H,58,64)(H,59,68)(H,72,73)/t31?,32?,33?,34?,36?,37-,38?,42?,43?,44?,45?/m0/s1. The van der Waals surface area contributed by atoms with E-state index < -0.39 is 132 Å². The maximum atomic E-state index is 14.7. The summed E-state index contributed by atoms with van der Waals surface area (Å²) in [6.07, 6.45) is 8.43. The zero-order valence-electron chi connectivity index (χ0n) is 45.6. The first-order valence-corrected chi connectivity index (χ1v) is 25.1. The summed E-state index contributed by atoms with van der Waals surface area (Å²) in [5, 5.41) is 24.4. The molecule has 2 rings (SSSR count). The smallest absolute Gasteiger partial charge is 0.326 e. The van der Waals surface area contributed by atoms with Crippen LogP contribution in [0.3, 0.4) is 0 Å². The first-order valence-electron chi connectivity index (χ1n) is 25.1. The second-order valence-electron chi connectivity index (χ2n) is 19.7. The van der Waals surface area contributed by atoms with Gasteiger partial charge in [-0.05, 0) is 61.8 Å². The summed E-state index contributed by atoms with van der Waals surface area (Å²) in [7, 11) is 5.86. The van der Waals surface area contributed by atoms with E-state index >= 15 is 0 Å². The van der Waals surface area contributed by atoms with Gasteiger partial charge >= 0.3 is 5.97 Å². The van der Waals surface area contributed by atoms with Crippen LogP contribution in [0.5, 0.6) is 0 Å². The van der Waals surface area contributed by atoms with Crippen LogP contribution in [0.2, 0.25) is 0 Å². The van der Waals surface area contributed by atoms with Crippen molar-refractivity contribution in [3.63, 3.8) is 0 Å². The van der Waals surface area contributed by atoms with Gasteiger partial charge in [0.15, 0.2) is 6.17 Å². The van der Waals surface area contributed by atoms with Crippen molar-refractivity contribution in [3.05, 3.63) is 35.9 Å². The summed E-state index contributed by atoms with van der Waals surface area (Å²) in [5.41, 5.74) is 0.738. The van der Waals surface area contributed by atoms with Gasteiger partial charge in [-0.3, -0.25) is 43.2 Å². The number of aliphatic carboxylic acids is 1. The van der Waals surface area contributed by atoms with E-state index in [4.69, 9.17) is 22.3 Å². The molecular weight excluding hydrogens is 971 g/mol. The fraction of sp³-hybridized carbons (Fsp3) is 0.623. The molecule has 1 aliphatic rings. The summed E-state index contributed by atoms with van der Waals surface area (Å²) in [6.45, 7) is 15.4. The lowest BCUT2D eigenvalue weighted by molar-refractivity contribution is -0.149. The molecule has 22 nitrogen and oxygen atoms in total.